The maximum atomic E-state index is 12.3. The van der Waals surface area contributed by atoms with E-state index >= 15 is 0 Å². The van der Waals surface area contributed by atoms with Crippen LogP contribution in [0.25, 0.3) is 0 Å². The van der Waals surface area contributed by atoms with Gasteiger partial charge in [-0.2, -0.15) is 4.68 Å². The van der Waals surface area contributed by atoms with Crippen LogP contribution in [0.2, 0.25) is 0 Å². The molecule has 2 aromatic heterocycles. The van der Waals surface area contributed by atoms with Gasteiger partial charge in [0.1, 0.15) is 5.00 Å². The summed E-state index contributed by atoms with van der Waals surface area (Å²) in [4.78, 5) is 46.9. The van der Waals surface area contributed by atoms with E-state index in [-0.39, 0.29) is 41.7 Å². The minimum atomic E-state index is -0.613. The van der Waals surface area contributed by atoms with E-state index in [0.29, 0.717) is 16.1 Å². The van der Waals surface area contributed by atoms with Crippen LogP contribution in [0.4, 0.5) is 10.8 Å². The van der Waals surface area contributed by atoms with E-state index in [2.05, 4.69) is 10.4 Å². The van der Waals surface area contributed by atoms with E-state index in [1.165, 1.54) is 17.7 Å². The number of nitrogens with zero attached hydrogens (tertiary/aromatic N) is 3. The first-order valence-corrected chi connectivity index (χ1v) is 9.27. The van der Waals surface area contributed by atoms with E-state index in [9.17, 15) is 24.5 Å². The number of anilines is 1. The molecular formula is C17H20N4O6S. The van der Waals surface area contributed by atoms with Gasteiger partial charge >= 0.3 is 11.8 Å². The van der Waals surface area contributed by atoms with Crippen LogP contribution in [-0.4, -0.2) is 39.0 Å². The molecule has 0 saturated carbocycles. The third-order valence-electron chi connectivity index (χ3n) is 3.91. The molecule has 2 aromatic rings. The molecule has 0 spiro atoms. The number of hydrogen-bond donors (Lipinski definition) is 1. The molecule has 0 aromatic carbocycles. The number of ether oxygens (including phenoxy) is 1. The molecule has 0 aliphatic heterocycles. The van der Waals surface area contributed by atoms with Crippen molar-refractivity contribution >= 4 is 39.8 Å². The Bertz CT molecular complexity index is 946. The molecule has 0 aliphatic carbocycles. The number of ketones is 1. The standard InChI is InChI=1S/C17H20N4O6S/c1-5-27-17(24)14-10(3)15(11(4)22)28-16(14)18-13(23)6-7-20-9(2)8-12(19-20)21(25)26/h8H,5-7H2,1-4H3,(H,18,23). The number of rotatable bonds is 8. The molecule has 0 unspecified atom stereocenters. The molecule has 2 rings (SSSR count). The molecule has 11 heteroatoms. The fourth-order valence-electron chi connectivity index (χ4n) is 2.59. The summed E-state index contributed by atoms with van der Waals surface area (Å²) < 4.78 is 6.39. The van der Waals surface area contributed by atoms with Gasteiger partial charge in [0, 0.05) is 6.42 Å². The van der Waals surface area contributed by atoms with E-state index in [0.717, 1.165) is 11.3 Å². The Hall–Kier alpha value is -3.08. The van der Waals surface area contributed by atoms with Crippen LogP contribution in [0, 0.1) is 24.0 Å². The van der Waals surface area contributed by atoms with Crippen molar-refractivity contribution in [1.29, 1.82) is 0 Å². The number of aryl methyl sites for hydroxylation is 2. The van der Waals surface area contributed by atoms with Crippen LogP contribution in [0.15, 0.2) is 6.07 Å². The first-order chi connectivity index (χ1) is 13.1. The van der Waals surface area contributed by atoms with Crippen LogP contribution < -0.4 is 5.32 Å². The lowest BCUT2D eigenvalue weighted by atomic mass is 10.1. The van der Waals surface area contributed by atoms with Crippen molar-refractivity contribution in [3.63, 3.8) is 0 Å². The second-order valence-electron chi connectivity index (χ2n) is 5.96. The summed E-state index contributed by atoms with van der Waals surface area (Å²) in [5.41, 5.74) is 1.18. The molecule has 0 radical (unpaired) electrons. The van der Waals surface area contributed by atoms with Crippen LogP contribution in [0.1, 0.15) is 51.6 Å². The zero-order valence-electron chi connectivity index (χ0n) is 15.9. The summed E-state index contributed by atoms with van der Waals surface area (Å²) in [6.45, 7) is 6.61. The maximum Gasteiger partial charge on any atom is 0.390 e. The van der Waals surface area contributed by atoms with Crippen molar-refractivity contribution in [2.24, 2.45) is 0 Å². The van der Waals surface area contributed by atoms with Crippen LogP contribution >= 0.6 is 11.3 Å². The topological polar surface area (TPSA) is 133 Å². The molecular weight excluding hydrogens is 388 g/mol. The second-order valence-corrected chi connectivity index (χ2v) is 6.98. The van der Waals surface area contributed by atoms with Gasteiger partial charge in [-0.1, -0.05) is 0 Å². The molecule has 2 heterocycles. The van der Waals surface area contributed by atoms with Gasteiger partial charge in [0.15, 0.2) is 5.78 Å². The number of nitro groups is 1. The third-order valence-corrected chi connectivity index (χ3v) is 5.21. The van der Waals surface area contributed by atoms with E-state index in [1.54, 1.807) is 20.8 Å². The summed E-state index contributed by atoms with van der Waals surface area (Å²) in [5.74, 6) is -1.53. The van der Waals surface area contributed by atoms with Crippen molar-refractivity contribution in [1.82, 2.24) is 9.78 Å². The largest absolute Gasteiger partial charge is 0.462 e. The molecule has 150 valence electrons. The number of carbonyl (C=O) groups is 3. The second kappa shape index (κ2) is 8.74. The summed E-state index contributed by atoms with van der Waals surface area (Å²) in [7, 11) is 0. The predicted octanol–water partition coefficient (Wildman–Crippen LogP) is 2.88. The van der Waals surface area contributed by atoms with Gasteiger partial charge in [0.05, 0.1) is 40.5 Å². The highest BCUT2D eigenvalue weighted by Crippen LogP contribution is 2.34. The molecule has 0 fully saturated rings. The van der Waals surface area contributed by atoms with Crippen molar-refractivity contribution in [2.45, 2.75) is 40.7 Å². The Balaban J connectivity index is 2.17. The number of carbonyl (C=O) groups excluding carboxylic acids is 3. The van der Waals surface area contributed by atoms with Crippen molar-refractivity contribution < 1.29 is 24.0 Å². The van der Waals surface area contributed by atoms with Gasteiger partial charge in [0.2, 0.25) is 5.91 Å². The van der Waals surface area contributed by atoms with Gasteiger partial charge in [-0.15, -0.1) is 11.3 Å². The number of hydrogen-bond acceptors (Lipinski definition) is 8. The number of nitrogens with one attached hydrogen (secondary N) is 1. The molecule has 0 bridgehead atoms. The number of aromatic nitrogens is 2. The number of esters is 1. The van der Waals surface area contributed by atoms with Crippen molar-refractivity contribution in [3.8, 4) is 0 Å². The van der Waals surface area contributed by atoms with E-state index in [4.69, 9.17) is 4.74 Å². The summed E-state index contributed by atoms with van der Waals surface area (Å²) in [6, 6.07) is 1.32. The molecule has 0 atom stereocenters. The zero-order valence-corrected chi connectivity index (χ0v) is 16.7. The molecule has 0 aliphatic rings. The van der Waals surface area contributed by atoms with Gasteiger partial charge in [-0.25, -0.2) is 4.79 Å². The van der Waals surface area contributed by atoms with Gasteiger partial charge < -0.3 is 20.2 Å². The monoisotopic (exact) mass is 408 g/mol. The Morgan fingerprint density at radius 2 is 2.04 bits per heavy atom. The minimum Gasteiger partial charge on any atom is -0.462 e. The van der Waals surface area contributed by atoms with Crippen molar-refractivity contribution in [3.05, 3.63) is 37.9 Å². The van der Waals surface area contributed by atoms with Crippen LogP contribution in [0.5, 0.6) is 0 Å². The molecule has 0 saturated heterocycles. The average Bonchev–Trinajstić information content (AvgIpc) is 3.13. The normalized spacial score (nSPS) is 10.6. The summed E-state index contributed by atoms with van der Waals surface area (Å²) in [5, 5.41) is 17.5. The number of Topliss-reactive ketones (excluding diaryl/α,β-unsaturated/α-hetero) is 1. The van der Waals surface area contributed by atoms with Crippen LogP contribution in [0.3, 0.4) is 0 Å². The van der Waals surface area contributed by atoms with Gasteiger partial charge in [0.25, 0.3) is 0 Å². The highest BCUT2D eigenvalue weighted by molar-refractivity contribution is 7.18. The predicted molar refractivity (Wildman–Crippen MR) is 102 cm³/mol. The Morgan fingerprint density at radius 3 is 2.57 bits per heavy atom. The lowest BCUT2D eigenvalue weighted by Crippen LogP contribution is -2.17. The summed E-state index contributed by atoms with van der Waals surface area (Å²) in [6.07, 6.45) is -0.0196. The highest BCUT2D eigenvalue weighted by atomic mass is 32.1. The SMILES string of the molecule is CCOC(=O)c1c(NC(=O)CCn2nc([N+](=O)[O-])cc2C)sc(C(C)=O)c1C. The Morgan fingerprint density at radius 1 is 1.36 bits per heavy atom. The molecule has 10 nitrogen and oxygen atoms in total. The Kier molecular flexibility index (Phi) is 6.62. The van der Waals surface area contributed by atoms with Crippen LogP contribution in [-0.2, 0) is 16.1 Å². The average molecular weight is 408 g/mol. The highest BCUT2D eigenvalue weighted by Gasteiger charge is 2.25. The number of amides is 1. The molecule has 1 amide bonds. The lowest BCUT2D eigenvalue weighted by Gasteiger charge is -2.07. The van der Waals surface area contributed by atoms with Gasteiger partial charge in [-0.05, 0) is 38.2 Å². The zero-order chi connectivity index (χ0) is 21.0. The first-order valence-electron chi connectivity index (χ1n) is 8.45. The maximum absolute atomic E-state index is 12.3. The minimum absolute atomic E-state index is 0.0196. The van der Waals surface area contributed by atoms with E-state index in [1.807, 2.05) is 0 Å². The summed E-state index contributed by atoms with van der Waals surface area (Å²) >= 11 is 1.02. The smallest absolute Gasteiger partial charge is 0.390 e. The lowest BCUT2D eigenvalue weighted by molar-refractivity contribution is -0.389. The van der Waals surface area contributed by atoms with Crippen molar-refractivity contribution in [2.75, 3.05) is 11.9 Å². The first kappa shape index (κ1) is 21.2. The van der Waals surface area contributed by atoms with Gasteiger partial charge in [-0.3, -0.25) is 9.59 Å². The quantitative estimate of drug-likeness (QED) is 0.307. The number of thiophene rings is 1. The third kappa shape index (κ3) is 4.60. The molecule has 28 heavy (non-hydrogen) atoms. The molecule has 1 N–H and O–H groups in total. The Labute approximate surface area is 164 Å². The van der Waals surface area contributed by atoms with E-state index < -0.39 is 16.8 Å². The fraction of sp³-hybridized carbons (Fsp3) is 0.412. The fourth-order valence-corrected chi connectivity index (χ4v) is 3.70.